The molecule has 0 nitrogen and oxygen atoms in total. The Hall–Kier alpha value is -0.750. The van der Waals surface area contributed by atoms with Gasteiger partial charge in [-0.1, -0.05) is 35.9 Å². The summed E-state index contributed by atoms with van der Waals surface area (Å²) in [4.78, 5) is 0. The van der Waals surface area contributed by atoms with Crippen molar-refractivity contribution in [3.63, 3.8) is 0 Å². The van der Waals surface area contributed by atoms with E-state index in [9.17, 15) is 0 Å². The van der Waals surface area contributed by atoms with Gasteiger partial charge in [-0.2, -0.15) is 0 Å². The highest BCUT2D eigenvalue weighted by molar-refractivity contribution is 6.54. The second kappa shape index (κ2) is 1.61. The van der Waals surface area contributed by atoms with E-state index < -0.39 is 0 Å². The van der Waals surface area contributed by atoms with Crippen LogP contribution in [0.5, 0.6) is 0 Å². The van der Waals surface area contributed by atoms with Crippen LogP contribution in [0.2, 0.25) is 0 Å². The Bertz CT molecular complexity index is 274. The van der Waals surface area contributed by atoms with Crippen LogP contribution in [-0.4, -0.2) is 0 Å². The Kier molecular flexibility index (Phi) is 0.908. The van der Waals surface area contributed by atoms with E-state index in [1.54, 1.807) is 0 Å². The number of benzene rings is 1. The maximum absolute atomic E-state index is 5.74. The molecule has 0 heterocycles. The van der Waals surface area contributed by atoms with E-state index in [1.807, 2.05) is 24.3 Å². The Morgan fingerprint density at radius 3 is 2.44 bits per heavy atom. The molecule has 44 valence electrons. The lowest BCUT2D eigenvalue weighted by atomic mass is 9.98. The van der Waals surface area contributed by atoms with Crippen molar-refractivity contribution >= 4 is 22.7 Å². The fourth-order valence-corrected chi connectivity index (χ4v) is 1.27. The van der Waals surface area contributed by atoms with Crippen molar-refractivity contribution in [1.29, 1.82) is 0 Å². The van der Waals surface area contributed by atoms with E-state index in [1.165, 1.54) is 11.1 Å². The lowest BCUT2D eigenvalue weighted by molar-refractivity contribution is 1.56. The van der Waals surface area contributed by atoms with Crippen LogP contribution < -0.4 is 0 Å². The van der Waals surface area contributed by atoms with Crippen molar-refractivity contribution in [2.75, 3.05) is 0 Å². The van der Waals surface area contributed by atoms with Crippen LogP contribution >= 0.6 is 11.6 Å². The second-order valence-electron chi connectivity index (χ2n) is 2.08. The first-order valence-corrected chi connectivity index (χ1v) is 3.22. The molecule has 0 aromatic heterocycles. The summed E-state index contributed by atoms with van der Waals surface area (Å²) in [6, 6.07) is 8.09. The second-order valence-corrected chi connectivity index (χ2v) is 2.49. The molecule has 1 aliphatic rings. The van der Waals surface area contributed by atoms with Gasteiger partial charge in [0.05, 0.1) is 0 Å². The zero-order valence-electron chi connectivity index (χ0n) is 4.76. The molecule has 0 fully saturated rings. The fourth-order valence-electron chi connectivity index (χ4n) is 0.977. The molecular formula is C8H5Cl. The first kappa shape index (κ1) is 5.07. The number of hydrogen-bond donors (Lipinski definition) is 0. The van der Waals surface area contributed by atoms with Crippen LogP contribution in [0.15, 0.2) is 24.3 Å². The monoisotopic (exact) mass is 136 g/mol. The number of halogens is 1. The minimum atomic E-state index is 0.880. The van der Waals surface area contributed by atoms with Gasteiger partial charge in [0.25, 0.3) is 0 Å². The maximum Gasteiger partial charge on any atom is 0.0490 e. The van der Waals surface area contributed by atoms with Gasteiger partial charge in [-0.25, -0.2) is 0 Å². The largest absolute Gasteiger partial charge is 0.0836 e. The summed E-state index contributed by atoms with van der Waals surface area (Å²) in [6.07, 6.45) is 1.97. The van der Waals surface area contributed by atoms with Crippen LogP contribution in [0.4, 0.5) is 0 Å². The molecule has 0 atom stereocenters. The van der Waals surface area contributed by atoms with Crippen molar-refractivity contribution in [3.05, 3.63) is 35.4 Å². The molecule has 1 aliphatic carbocycles. The van der Waals surface area contributed by atoms with Gasteiger partial charge in [0.15, 0.2) is 0 Å². The standard InChI is InChI=1S/C8H5Cl/c9-8-5-6-3-1-2-4-7(6)8/h1-5H. The number of hydrogen-bond acceptors (Lipinski definition) is 0. The molecule has 1 heteroatoms. The molecule has 0 saturated heterocycles. The lowest BCUT2D eigenvalue weighted by Crippen LogP contribution is -1.91. The van der Waals surface area contributed by atoms with Gasteiger partial charge >= 0.3 is 0 Å². The van der Waals surface area contributed by atoms with Gasteiger partial charge in [-0.15, -0.1) is 0 Å². The Morgan fingerprint density at radius 1 is 1.11 bits per heavy atom. The third kappa shape index (κ3) is 0.600. The summed E-state index contributed by atoms with van der Waals surface area (Å²) < 4.78 is 0. The topological polar surface area (TPSA) is 0 Å². The highest BCUT2D eigenvalue weighted by Gasteiger charge is 2.11. The summed E-state index contributed by atoms with van der Waals surface area (Å²) in [7, 11) is 0. The molecule has 1 aromatic carbocycles. The summed E-state index contributed by atoms with van der Waals surface area (Å²) in [5.41, 5.74) is 2.43. The smallest absolute Gasteiger partial charge is 0.0490 e. The first-order chi connectivity index (χ1) is 4.38. The molecule has 1 aromatic rings. The predicted molar refractivity (Wildman–Crippen MR) is 40.2 cm³/mol. The maximum atomic E-state index is 5.74. The molecule has 0 spiro atoms. The van der Waals surface area contributed by atoms with Gasteiger partial charge < -0.3 is 0 Å². The SMILES string of the molecule is ClC1=Cc2ccccc21. The quantitative estimate of drug-likeness (QED) is 0.515. The molecule has 0 unspecified atom stereocenters. The average Bonchev–Trinajstić information content (AvgIpc) is 1.86. The van der Waals surface area contributed by atoms with Crippen LogP contribution in [0.1, 0.15) is 11.1 Å². The molecule has 0 N–H and O–H groups in total. The number of rotatable bonds is 0. The molecule has 0 saturated carbocycles. The van der Waals surface area contributed by atoms with Crippen molar-refractivity contribution in [1.82, 2.24) is 0 Å². The average molecular weight is 137 g/mol. The summed E-state index contributed by atoms with van der Waals surface area (Å²) in [5, 5.41) is 0.880. The zero-order chi connectivity index (χ0) is 6.27. The Morgan fingerprint density at radius 2 is 1.89 bits per heavy atom. The van der Waals surface area contributed by atoms with Gasteiger partial charge in [0.2, 0.25) is 0 Å². The van der Waals surface area contributed by atoms with Gasteiger partial charge in [-0.05, 0) is 11.6 Å². The molecule has 0 amide bonds. The molecule has 0 aliphatic heterocycles. The van der Waals surface area contributed by atoms with E-state index in [0.717, 1.165) is 5.03 Å². The number of fused-ring (bicyclic) bond motifs is 1. The van der Waals surface area contributed by atoms with E-state index in [2.05, 4.69) is 6.07 Å². The predicted octanol–water partition coefficient (Wildman–Crippen LogP) is 2.74. The van der Waals surface area contributed by atoms with Crippen LogP contribution in [0.3, 0.4) is 0 Å². The Labute approximate surface area is 58.8 Å². The fraction of sp³-hybridized carbons (Fsp3) is 0. The molecule has 0 radical (unpaired) electrons. The van der Waals surface area contributed by atoms with E-state index in [-0.39, 0.29) is 0 Å². The normalized spacial score (nSPS) is 13.7. The summed E-state index contributed by atoms with van der Waals surface area (Å²) in [5.74, 6) is 0. The molecule has 0 bridgehead atoms. The molecule has 9 heavy (non-hydrogen) atoms. The van der Waals surface area contributed by atoms with Gasteiger partial charge in [0.1, 0.15) is 0 Å². The Balaban J connectivity index is 2.61. The van der Waals surface area contributed by atoms with Crippen molar-refractivity contribution < 1.29 is 0 Å². The molecule has 2 rings (SSSR count). The highest BCUT2D eigenvalue weighted by Crippen LogP contribution is 2.34. The minimum absolute atomic E-state index is 0.880. The van der Waals surface area contributed by atoms with Crippen LogP contribution in [0.25, 0.3) is 11.1 Å². The first-order valence-electron chi connectivity index (χ1n) is 2.84. The van der Waals surface area contributed by atoms with Crippen LogP contribution in [-0.2, 0) is 0 Å². The third-order valence-corrected chi connectivity index (χ3v) is 1.81. The highest BCUT2D eigenvalue weighted by atomic mass is 35.5. The summed E-state index contributed by atoms with van der Waals surface area (Å²) >= 11 is 5.74. The van der Waals surface area contributed by atoms with E-state index in [4.69, 9.17) is 11.6 Å². The van der Waals surface area contributed by atoms with Crippen molar-refractivity contribution in [3.8, 4) is 0 Å². The minimum Gasteiger partial charge on any atom is -0.0836 e. The summed E-state index contributed by atoms with van der Waals surface area (Å²) in [6.45, 7) is 0. The van der Waals surface area contributed by atoms with Gasteiger partial charge in [-0.3, -0.25) is 0 Å². The van der Waals surface area contributed by atoms with Crippen molar-refractivity contribution in [2.45, 2.75) is 0 Å². The third-order valence-electron chi connectivity index (χ3n) is 1.50. The molecular weight excluding hydrogens is 132 g/mol. The zero-order valence-corrected chi connectivity index (χ0v) is 5.52. The van der Waals surface area contributed by atoms with Crippen molar-refractivity contribution in [2.24, 2.45) is 0 Å². The van der Waals surface area contributed by atoms with E-state index >= 15 is 0 Å². The van der Waals surface area contributed by atoms with E-state index in [0.29, 0.717) is 0 Å². The lowest BCUT2D eigenvalue weighted by Gasteiger charge is -2.12. The van der Waals surface area contributed by atoms with Gasteiger partial charge in [0, 0.05) is 10.6 Å². The van der Waals surface area contributed by atoms with Crippen LogP contribution in [0, 0.1) is 0 Å².